The molecule has 10 heavy (non-hydrogen) atoms. The average Bonchev–Trinajstić information content (AvgIpc) is 2.41. The zero-order chi connectivity index (χ0) is 7.23. The monoisotopic (exact) mass is 157 g/mol. The number of hydrogen-bond donors (Lipinski definition) is 0. The molecule has 1 heterocycles. The minimum Gasteiger partial charge on any atom is -0.159 e. The van der Waals surface area contributed by atoms with Gasteiger partial charge in [0, 0.05) is 16.7 Å². The fraction of sp³-hybridized carbons (Fsp3) is 1.00. The van der Waals surface area contributed by atoms with E-state index in [0.717, 1.165) is 11.7 Å². The smallest absolute Gasteiger partial charge is 0.0268 e. The molecule has 4 heteroatoms. The van der Waals surface area contributed by atoms with E-state index in [2.05, 4.69) is 10.0 Å². The Hall–Kier alpha value is -0.340. The van der Waals surface area contributed by atoms with Crippen LogP contribution in [0.15, 0.2) is 5.11 Å². The van der Waals surface area contributed by atoms with Crippen LogP contribution in [0.4, 0.5) is 0 Å². The summed E-state index contributed by atoms with van der Waals surface area (Å²) in [6, 6.07) is 0. The molecule has 1 unspecified atom stereocenters. The van der Waals surface area contributed by atoms with E-state index in [-0.39, 0.29) is 0 Å². The van der Waals surface area contributed by atoms with E-state index >= 15 is 0 Å². The molecule has 3 nitrogen and oxygen atoms in total. The third-order valence-corrected chi connectivity index (χ3v) is 3.11. The van der Waals surface area contributed by atoms with Crippen molar-refractivity contribution in [1.29, 1.82) is 0 Å². The van der Waals surface area contributed by atoms with Crippen LogP contribution in [0.2, 0.25) is 0 Å². The minimum atomic E-state index is 0.675. The van der Waals surface area contributed by atoms with Gasteiger partial charge < -0.3 is 0 Å². The van der Waals surface area contributed by atoms with Gasteiger partial charge in [-0.15, -0.1) is 0 Å². The van der Waals surface area contributed by atoms with Crippen molar-refractivity contribution in [1.82, 2.24) is 0 Å². The van der Waals surface area contributed by atoms with Crippen LogP contribution in [-0.2, 0) is 0 Å². The maximum atomic E-state index is 7.99. The molecule has 1 rings (SSSR count). The SMILES string of the molecule is [N-]=[N+]=NCCC1CCCS1. The van der Waals surface area contributed by atoms with Gasteiger partial charge in [-0.2, -0.15) is 11.8 Å². The first-order valence-corrected chi connectivity index (χ1v) is 4.61. The second kappa shape index (κ2) is 4.47. The highest BCUT2D eigenvalue weighted by Gasteiger charge is 2.13. The lowest BCUT2D eigenvalue weighted by Crippen LogP contribution is -1.97. The molecule has 0 spiro atoms. The first-order chi connectivity index (χ1) is 4.93. The molecule has 56 valence electrons. The predicted molar refractivity (Wildman–Crippen MR) is 44.1 cm³/mol. The van der Waals surface area contributed by atoms with Gasteiger partial charge in [0.25, 0.3) is 0 Å². The summed E-state index contributed by atoms with van der Waals surface area (Å²) < 4.78 is 0. The highest BCUT2D eigenvalue weighted by atomic mass is 32.2. The number of nitrogens with zero attached hydrogens (tertiary/aromatic N) is 3. The molecule has 0 aromatic heterocycles. The Labute approximate surface area is 64.8 Å². The Balaban J connectivity index is 2.06. The van der Waals surface area contributed by atoms with E-state index in [9.17, 15) is 0 Å². The van der Waals surface area contributed by atoms with Gasteiger partial charge in [0.1, 0.15) is 0 Å². The lowest BCUT2D eigenvalue weighted by Gasteiger charge is -2.02. The van der Waals surface area contributed by atoms with E-state index in [0.29, 0.717) is 6.54 Å². The molecule has 1 aliphatic rings. The molecule has 0 aliphatic carbocycles. The quantitative estimate of drug-likeness (QED) is 0.353. The zero-order valence-electron chi connectivity index (χ0n) is 5.86. The normalized spacial score (nSPS) is 24.2. The summed E-state index contributed by atoms with van der Waals surface area (Å²) in [5, 5.41) is 4.27. The summed E-state index contributed by atoms with van der Waals surface area (Å²) in [6.45, 7) is 0.675. The van der Waals surface area contributed by atoms with Crippen molar-refractivity contribution in [3.8, 4) is 0 Å². The molecule has 1 atom stereocenters. The van der Waals surface area contributed by atoms with Crippen molar-refractivity contribution >= 4 is 11.8 Å². The van der Waals surface area contributed by atoms with Crippen LogP contribution in [0.3, 0.4) is 0 Å². The Bertz CT molecular complexity index is 136. The summed E-state index contributed by atoms with van der Waals surface area (Å²) in [6.07, 6.45) is 3.71. The second-order valence-electron chi connectivity index (χ2n) is 2.38. The van der Waals surface area contributed by atoms with Crippen LogP contribution < -0.4 is 0 Å². The van der Waals surface area contributed by atoms with Gasteiger partial charge in [-0.1, -0.05) is 5.11 Å². The topological polar surface area (TPSA) is 48.8 Å². The number of azide groups is 1. The third kappa shape index (κ3) is 2.50. The first kappa shape index (κ1) is 7.76. The summed E-state index contributed by atoms with van der Waals surface area (Å²) in [5.41, 5.74) is 7.99. The van der Waals surface area contributed by atoms with E-state index in [1.54, 1.807) is 0 Å². The van der Waals surface area contributed by atoms with Crippen LogP contribution in [-0.4, -0.2) is 17.5 Å². The molecule has 0 saturated carbocycles. The summed E-state index contributed by atoms with van der Waals surface area (Å²) >= 11 is 2.01. The molecule has 0 bridgehead atoms. The standard InChI is InChI=1S/C6H11N3S/c7-9-8-4-3-6-2-1-5-10-6/h6H,1-5H2. The first-order valence-electron chi connectivity index (χ1n) is 3.56. The molecular weight excluding hydrogens is 146 g/mol. The summed E-state index contributed by atoms with van der Waals surface area (Å²) in [4.78, 5) is 2.71. The molecular formula is C6H11N3S. The molecule has 0 amide bonds. The van der Waals surface area contributed by atoms with Gasteiger partial charge in [-0.05, 0) is 30.5 Å². The minimum absolute atomic E-state index is 0.675. The zero-order valence-corrected chi connectivity index (χ0v) is 6.68. The van der Waals surface area contributed by atoms with Crippen molar-refractivity contribution < 1.29 is 0 Å². The fourth-order valence-corrected chi connectivity index (χ4v) is 2.39. The molecule has 1 saturated heterocycles. The Kier molecular flexibility index (Phi) is 3.47. The highest BCUT2D eigenvalue weighted by molar-refractivity contribution is 8.00. The second-order valence-corrected chi connectivity index (χ2v) is 3.79. The van der Waals surface area contributed by atoms with Crippen molar-refractivity contribution in [2.24, 2.45) is 5.11 Å². The lowest BCUT2D eigenvalue weighted by molar-refractivity contribution is 0.722. The molecule has 1 aliphatic heterocycles. The van der Waals surface area contributed by atoms with Gasteiger partial charge in [0.15, 0.2) is 0 Å². The molecule has 0 aromatic carbocycles. The van der Waals surface area contributed by atoms with E-state index in [1.165, 1.54) is 18.6 Å². The molecule has 0 aromatic rings. The van der Waals surface area contributed by atoms with Gasteiger partial charge in [0.2, 0.25) is 0 Å². The third-order valence-electron chi connectivity index (χ3n) is 1.64. The summed E-state index contributed by atoms with van der Waals surface area (Å²) in [5.74, 6) is 1.29. The Morgan fingerprint density at radius 1 is 1.70 bits per heavy atom. The van der Waals surface area contributed by atoms with Crippen LogP contribution in [0, 0.1) is 0 Å². The van der Waals surface area contributed by atoms with Gasteiger partial charge >= 0.3 is 0 Å². The summed E-state index contributed by atoms with van der Waals surface area (Å²) in [7, 11) is 0. The van der Waals surface area contributed by atoms with Gasteiger partial charge in [-0.3, -0.25) is 0 Å². The predicted octanol–water partition coefficient (Wildman–Crippen LogP) is 2.58. The van der Waals surface area contributed by atoms with E-state index < -0.39 is 0 Å². The molecule has 0 radical (unpaired) electrons. The van der Waals surface area contributed by atoms with E-state index in [1.807, 2.05) is 11.8 Å². The van der Waals surface area contributed by atoms with Crippen LogP contribution >= 0.6 is 11.8 Å². The highest BCUT2D eigenvalue weighted by Crippen LogP contribution is 2.28. The average molecular weight is 157 g/mol. The number of thioether (sulfide) groups is 1. The largest absolute Gasteiger partial charge is 0.159 e. The van der Waals surface area contributed by atoms with Crippen LogP contribution in [0.5, 0.6) is 0 Å². The number of rotatable bonds is 3. The molecule has 1 fully saturated rings. The van der Waals surface area contributed by atoms with Crippen LogP contribution in [0.25, 0.3) is 10.4 Å². The molecule has 0 N–H and O–H groups in total. The maximum Gasteiger partial charge on any atom is 0.0268 e. The van der Waals surface area contributed by atoms with E-state index in [4.69, 9.17) is 5.53 Å². The maximum absolute atomic E-state index is 7.99. The van der Waals surface area contributed by atoms with Crippen molar-refractivity contribution in [3.05, 3.63) is 10.4 Å². The van der Waals surface area contributed by atoms with Crippen molar-refractivity contribution in [2.45, 2.75) is 24.5 Å². The lowest BCUT2D eigenvalue weighted by atomic mass is 10.2. The fourth-order valence-electron chi connectivity index (χ4n) is 1.12. The number of hydrogen-bond acceptors (Lipinski definition) is 2. The van der Waals surface area contributed by atoms with Crippen LogP contribution in [0.1, 0.15) is 19.3 Å². The Morgan fingerprint density at radius 3 is 3.20 bits per heavy atom. The Morgan fingerprint density at radius 2 is 2.60 bits per heavy atom. The van der Waals surface area contributed by atoms with Crippen molar-refractivity contribution in [3.63, 3.8) is 0 Å². The van der Waals surface area contributed by atoms with Crippen molar-refractivity contribution in [2.75, 3.05) is 12.3 Å². The van der Waals surface area contributed by atoms with Gasteiger partial charge in [0.05, 0.1) is 0 Å². The van der Waals surface area contributed by atoms with Gasteiger partial charge in [-0.25, -0.2) is 0 Å².